The summed E-state index contributed by atoms with van der Waals surface area (Å²) in [6, 6.07) is 3.76. The normalized spacial score (nSPS) is 16.8. The van der Waals surface area contributed by atoms with Gasteiger partial charge in [-0.1, -0.05) is 19.3 Å². The third kappa shape index (κ3) is 3.47. The number of hydrogen-bond acceptors (Lipinski definition) is 3. The number of nitro benzene ring substituents is 1. The summed E-state index contributed by atoms with van der Waals surface area (Å²) in [5.41, 5.74) is 1.65. The lowest BCUT2D eigenvalue weighted by Gasteiger charge is -2.29. The standard InChI is InChI=1S/C14H19BrN2O2/c1-9-6-12(15)13(8-14(9)17(18)19)16-10(2)7-11-4-3-5-11/h6,8,10-11,16H,3-5,7H2,1-2H3. The first-order chi connectivity index (χ1) is 8.97. The fourth-order valence-electron chi connectivity index (χ4n) is 2.52. The van der Waals surface area contributed by atoms with Crippen LogP contribution in [0, 0.1) is 23.0 Å². The van der Waals surface area contributed by atoms with Crippen molar-refractivity contribution in [1.82, 2.24) is 0 Å². The zero-order chi connectivity index (χ0) is 14.0. The second-order valence-corrected chi connectivity index (χ2v) is 6.31. The summed E-state index contributed by atoms with van der Waals surface area (Å²) in [4.78, 5) is 10.6. The summed E-state index contributed by atoms with van der Waals surface area (Å²) in [6.07, 6.45) is 5.12. The van der Waals surface area contributed by atoms with Crippen molar-refractivity contribution < 1.29 is 4.92 Å². The molecule has 1 atom stereocenters. The van der Waals surface area contributed by atoms with Gasteiger partial charge in [0.25, 0.3) is 5.69 Å². The number of rotatable bonds is 5. The Balaban J connectivity index is 2.09. The molecular weight excluding hydrogens is 308 g/mol. The summed E-state index contributed by atoms with van der Waals surface area (Å²) in [6.45, 7) is 3.89. The third-order valence-electron chi connectivity index (χ3n) is 3.80. The van der Waals surface area contributed by atoms with Crippen LogP contribution < -0.4 is 5.32 Å². The van der Waals surface area contributed by atoms with Crippen LogP contribution in [0.25, 0.3) is 0 Å². The molecule has 1 N–H and O–H groups in total. The van der Waals surface area contributed by atoms with Crippen LogP contribution in [0.2, 0.25) is 0 Å². The number of nitrogens with zero attached hydrogens (tertiary/aromatic N) is 1. The van der Waals surface area contributed by atoms with Crippen LogP contribution in [-0.2, 0) is 0 Å². The van der Waals surface area contributed by atoms with Crippen molar-refractivity contribution in [3.05, 3.63) is 32.3 Å². The fraction of sp³-hybridized carbons (Fsp3) is 0.571. The van der Waals surface area contributed by atoms with E-state index in [2.05, 4.69) is 28.2 Å². The zero-order valence-corrected chi connectivity index (χ0v) is 12.9. The molecule has 1 unspecified atom stereocenters. The Kier molecular flexibility index (Phi) is 4.45. The Morgan fingerprint density at radius 1 is 1.53 bits per heavy atom. The predicted molar refractivity (Wildman–Crippen MR) is 80.6 cm³/mol. The van der Waals surface area contributed by atoms with Crippen molar-refractivity contribution >= 4 is 27.3 Å². The van der Waals surface area contributed by atoms with Gasteiger partial charge in [0.2, 0.25) is 0 Å². The molecule has 0 spiro atoms. The maximum Gasteiger partial charge on any atom is 0.274 e. The largest absolute Gasteiger partial charge is 0.381 e. The molecule has 0 saturated heterocycles. The minimum Gasteiger partial charge on any atom is -0.381 e. The first-order valence-corrected chi connectivity index (χ1v) is 7.47. The summed E-state index contributed by atoms with van der Waals surface area (Å²) >= 11 is 3.47. The first kappa shape index (κ1) is 14.3. The number of benzene rings is 1. The number of aryl methyl sites for hydroxylation is 1. The molecule has 104 valence electrons. The molecule has 0 aromatic heterocycles. The summed E-state index contributed by atoms with van der Waals surface area (Å²) < 4.78 is 0.885. The first-order valence-electron chi connectivity index (χ1n) is 6.68. The van der Waals surface area contributed by atoms with Crippen LogP contribution in [0.1, 0.15) is 38.2 Å². The highest BCUT2D eigenvalue weighted by atomic mass is 79.9. The molecule has 0 amide bonds. The van der Waals surface area contributed by atoms with E-state index < -0.39 is 0 Å². The van der Waals surface area contributed by atoms with Crippen molar-refractivity contribution in [3.8, 4) is 0 Å². The van der Waals surface area contributed by atoms with Crippen LogP contribution in [0.5, 0.6) is 0 Å². The van der Waals surface area contributed by atoms with Crippen molar-refractivity contribution in [3.63, 3.8) is 0 Å². The van der Waals surface area contributed by atoms with Gasteiger partial charge in [-0.05, 0) is 48.2 Å². The minimum atomic E-state index is -0.330. The topological polar surface area (TPSA) is 55.2 Å². The molecule has 0 bridgehead atoms. The molecule has 1 aliphatic carbocycles. The molecule has 2 rings (SSSR count). The van der Waals surface area contributed by atoms with E-state index >= 15 is 0 Å². The zero-order valence-electron chi connectivity index (χ0n) is 11.3. The average molecular weight is 327 g/mol. The molecule has 19 heavy (non-hydrogen) atoms. The highest BCUT2D eigenvalue weighted by Crippen LogP contribution is 2.34. The lowest BCUT2D eigenvalue weighted by molar-refractivity contribution is -0.385. The molecule has 1 aromatic rings. The fourth-order valence-corrected chi connectivity index (χ4v) is 3.09. The lowest BCUT2D eigenvalue weighted by atomic mass is 9.81. The van der Waals surface area contributed by atoms with E-state index in [1.165, 1.54) is 19.3 Å². The smallest absolute Gasteiger partial charge is 0.274 e. The monoisotopic (exact) mass is 326 g/mol. The average Bonchev–Trinajstić information content (AvgIpc) is 2.27. The van der Waals surface area contributed by atoms with Crippen molar-refractivity contribution in [2.24, 2.45) is 5.92 Å². The Bertz CT molecular complexity index is 487. The molecule has 1 aromatic carbocycles. The van der Waals surface area contributed by atoms with E-state index in [1.54, 1.807) is 19.1 Å². The highest BCUT2D eigenvalue weighted by molar-refractivity contribution is 9.10. The molecule has 4 nitrogen and oxygen atoms in total. The number of anilines is 1. The molecule has 1 fully saturated rings. The van der Waals surface area contributed by atoms with Gasteiger partial charge in [-0.3, -0.25) is 10.1 Å². The maximum atomic E-state index is 11.0. The summed E-state index contributed by atoms with van der Waals surface area (Å²) in [5, 5.41) is 14.3. The molecule has 0 aliphatic heterocycles. The van der Waals surface area contributed by atoms with Crippen molar-refractivity contribution in [2.45, 2.75) is 45.6 Å². The van der Waals surface area contributed by atoms with Gasteiger partial charge in [-0.15, -0.1) is 0 Å². The van der Waals surface area contributed by atoms with E-state index in [4.69, 9.17) is 0 Å². The van der Waals surface area contributed by atoms with E-state index in [0.29, 0.717) is 11.6 Å². The van der Waals surface area contributed by atoms with Gasteiger partial charge in [0.15, 0.2) is 0 Å². The summed E-state index contributed by atoms with van der Waals surface area (Å²) in [5.74, 6) is 0.821. The van der Waals surface area contributed by atoms with Gasteiger partial charge in [0, 0.05) is 22.1 Å². The van der Waals surface area contributed by atoms with E-state index in [9.17, 15) is 10.1 Å². The van der Waals surface area contributed by atoms with Crippen LogP contribution in [-0.4, -0.2) is 11.0 Å². The second-order valence-electron chi connectivity index (χ2n) is 5.45. The predicted octanol–water partition coefficient (Wildman–Crippen LogP) is 4.66. The van der Waals surface area contributed by atoms with Crippen LogP contribution in [0.15, 0.2) is 16.6 Å². The second kappa shape index (κ2) is 5.90. The van der Waals surface area contributed by atoms with Crippen LogP contribution >= 0.6 is 15.9 Å². The maximum absolute atomic E-state index is 11.0. The van der Waals surface area contributed by atoms with Gasteiger partial charge < -0.3 is 5.32 Å². The third-order valence-corrected chi connectivity index (χ3v) is 4.45. The molecule has 0 heterocycles. The van der Waals surface area contributed by atoms with E-state index in [1.807, 2.05) is 0 Å². The van der Waals surface area contributed by atoms with Gasteiger partial charge in [-0.2, -0.15) is 0 Å². The molecule has 1 saturated carbocycles. The number of nitrogens with one attached hydrogen (secondary N) is 1. The van der Waals surface area contributed by atoms with Crippen LogP contribution in [0.4, 0.5) is 11.4 Å². The Morgan fingerprint density at radius 2 is 2.21 bits per heavy atom. The Hall–Kier alpha value is -1.10. The van der Waals surface area contributed by atoms with Crippen molar-refractivity contribution in [2.75, 3.05) is 5.32 Å². The number of halogens is 1. The van der Waals surface area contributed by atoms with Gasteiger partial charge in [0.1, 0.15) is 0 Å². The van der Waals surface area contributed by atoms with Gasteiger partial charge in [0.05, 0.1) is 10.6 Å². The quantitative estimate of drug-likeness (QED) is 0.632. The van der Waals surface area contributed by atoms with Gasteiger partial charge >= 0.3 is 0 Å². The van der Waals surface area contributed by atoms with Crippen LogP contribution in [0.3, 0.4) is 0 Å². The lowest BCUT2D eigenvalue weighted by Crippen LogP contribution is -2.23. The van der Waals surface area contributed by atoms with E-state index in [-0.39, 0.29) is 10.6 Å². The molecule has 5 heteroatoms. The Labute approximate surface area is 121 Å². The van der Waals surface area contributed by atoms with E-state index in [0.717, 1.165) is 22.5 Å². The molecular formula is C14H19BrN2O2. The number of nitro groups is 1. The minimum absolute atomic E-state index is 0.168. The Morgan fingerprint density at radius 3 is 2.74 bits per heavy atom. The molecule has 0 radical (unpaired) electrons. The van der Waals surface area contributed by atoms with Gasteiger partial charge in [-0.25, -0.2) is 0 Å². The highest BCUT2D eigenvalue weighted by Gasteiger charge is 2.21. The SMILES string of the molecule is Cc1cc(Br)c(NC(C)CC2CCC2)cc1[N+](=O)[O-]. The van der Waals surface area contributed by atoms with Crippen molar-refractivity contribution in [1.29, 1.82) is 0 Å². The summed E-state index contributed by atoms with van der Waals surface area (Å²) in [7, 11) is 0. The number of hydrogen-bond donors (Lipinski definition) is 1. The molecule has 1 aliphatic rings.